The van der Waals surface area contributed by atoms with E-state index in [1.165, 1.54) is 54.0 Å². The Labute approximate surface area is 117 Å². The van der Waals surface area contributed by atoms with Gasteiger partial charge in [0.05, 0.1) is 0 Å². The van der Waals surface area contributed by atoms with Crippen molar-refractivity contribution >= 4 is 10.8 Å². The van der Waals surface area contributed by atoms with Gasteiger partial charge in [0.15, 0.2) is 0 Å². The first-order chi connectivity index (χ1) is 9.22. The van der Waals surface area contributed by atoms with Gasteiger partial charge in [-0.25, -0.2) is 0 Å². The van der Waals surface area contributed by atoms with E-state index in [1.54, 1.807) is 0 Å². The molecule has 0 amide bonds. The van der Waals surface area contributed by atoms with Crippen molar-refractivity contribution in [2.75, 3.05) is 0 Å². The van der Waals surface area contributed by atoms with Crippen LogP contribution in [-0.4, -0.2) is 0 Å². The van der Waals surface area contributed by atoms with Crippen LogP contribution in [0.1, 0.15) is 63.5 Å². The number of aryl methyl sites for hydroxylation is 1. The Morgan fingerprint density at radius 2 is 1.74 bits per heavy atom. The van der Waals surface area contributed by atoms with E-state index in [4.69, 9.17) is 0 Å². The molecule has 102 valence electrons. The Hall–Kier alpha value is -1.30. The highest BCUT2D eigenvalue weighted by Crippen LogP contribution is 2.27. The summed E-state index contributed by atoms with van der Waals surface area (Å²) in [7, 11) is 0. The van der Waals surface area contributed by atoms with Gasteiger partial charge in [-0.2, -0.15) is 0 Å². The van der Waals surface area contributed by atoms with Gasteiger partial charge in [0.2, 0.25) is 0 Å². The molecule has 0 aliphatic carbocycles. The number of hydrogen-bond donors (Lipinski definition) is 0. The van der Waals surface area contributed by atoms with Gasteiger partial charge in [0.1, 0.15) is 0 Å². The molecule has 0 aromatic heterocycles. The minimum atomic E-state index is 0.598. The summed E-state index contributed by atoms with van der Waals surface area (Å²) in [5.41, 5.74) is 3.02. The molecule has 0 heteroatoms. The van der Waals surface area contributed by atoms with E-state index in [0.717, 1.165) is 0 Å². The smallest absolute Gasteiger partial charge is 0.0149 e. The zero-order valence-corrected chi connectivity index (χ0v) is 12.6. The van der Waals surface area contributed by atoms with Gasteiger partial charge in [0, 0.05) is 0 Å². The normalized spacial score (nSPS) is 11.4. The molecule has 0 atom stereocenters. The fourth-order valence-corrected chi connectivity index (χ4v) is 2.78. The second-order valence-corrected chi connectivity index (χ2v) is 5.87. The average Bonchev–Trinajstić information content (AvgIpc) is 2.42. The molecule has 0 nitrogen and oxygen atoms in total. The third-order valence-electron chi connectivity index (χ3n) is 3.89. The second-order valence-electron chi connectivity index (χ2n) is 5.87. The van der Waals surface area contributed by atoms with Crippen molar-refractivity contribution in [3.8, 4) is 0 Å². The summed E-state index contributed by atoms with van der Waals surface area (Å²) in [4.78, 5) is 0. The van der Waals surface area contributed by atoms with Crippen molar-refractivity contribution in [1.29, 1.82) is 0 Å². The number of fused-ring (bicyclic) bond motifs is 1. The van der Waals surface area contributed by atoms with Gasteiger partial charge in [-0.3, -0.25) is 0 Å². The van der Waals surface area contributed by atoms with Crippen molar-refractivity contribution in [3.63, 3.8) is 0 Å². The predicted octanol–water partition coefficient (Wildman–Crippen LogP) is 6.09. The number of benzene rings is 2. The molecular weight excluding hydrogens is 228 g/mol. The third-order valence-corrected chi connectivity index (χ3v) is 3.89. The van der Waals surface area contributed by atoms with E-state index in [-0.39, 0.29) is 0 Å². The molecular formula is C19H26. The van der Waals surface area contributed by atoms with Gasteiger partial charge in [0.25, 0.3) is 0 Å². The summed E-state index contributed by atoms with van der Waals surface area (Å²) in [6.07, 6.45) is 6.59. The van der Waals surface area contributed by atoms with Crippen molar-refractivity contribution in [1.82, 2.24) is 0 Å². The summed E-state index contributed by atoms with van der Waals surface area (Å²) in [6.45, 7) is 6.86. The first-order valence-corrected chi connectivity index (χ1v) is 7.74. The van der Waals surface area contributed by atoms with Gasteiger partial charge in [-0.15, -0.1) is 0 Å². The van der Waals surface area contributed by atoms with Crippen LogP contribution in [0.15, 0.2) is 36.4 Å². The Morgan fingerprint density at radius 1 is 0.947 bits per heavy atom. The maximum Gasteiger partial charge on any atom is -0.0149 e. The highest BCUT2D eigenvalue weighted by molar-refractivity contribution is 5.86. The first kappa shape index (κ1) is 14.1. The van der Waals surface area contributed by atoms with Crippen molar-refractivity contribution < 1.29 is 0 Å². The molecule has 0 fully saturated rings. The lowest BCUT2D eigenvalue weighted by Gasteiger charge is -2.13. The zero-order valence-electron chi connectivity index (χ0n) is 12.6. The monoisotopic (exact) mass is 254 g/mol. The van der Waals surface area contributed by atoms with Crippen LogP contribution < -0.4 is 0 Å². The average molecular weight is 254 g/mol. The van der Waals surface area contributed by atoms with Crippen LogP contribution in [0.5, 0.6) is 0 Å². The van der Waals surface area contributed by atoms with Crippen LogP contribution in [0, 0.1) is 0 Å². The zero-order chi connectivity index (χ0) is 13.7. The molecule has 0 saturated heterocycles. The van der Waals surface area contributed by atoms with E-state index >= 15 is 0 Å². The Balaban J connectivity index is 2.25. The minimum absolute atomic E-state index is 0.598. The Bertz CT molecular complexity index is 523. The van der Waals surface area contributed by atoms with Crippen LogP contribution in [0.3, 0.4) is 0 Å². The molecule has 0 saturated carbocycles. The molecule has 2 aromatic carbocycles. The molecule has 0 radical (unpaired) electrons. The maximum absolute atomic E-state index is 2.43. The highest BCUT2D eigenvalue weighted by Gasteiger charge is 2.07. The molecule has 0 heterocycles. The quantitative estimate of drug-likeness (QED) is 0.547. The summed E-state index contributed by atoms with van der Waals surface area (Å²) in [5, 5.41) is 2.83. The molecule has 0 aliphatic rings. The summed E-state index contributed by atoms with van der Waals surface area (Å²) >= 11 is 0. The summed E-state index contributed by atoms with van der Waals surface area (Å²) in [6, 6.07) is 13.6. The predicted molar refractivity (Wildman–Crippen MR) is 85.9 cm³/mol. The maximum atomic E-state index is 2.43. The lowest BCUT2D eigenvalue weighted by Crippen LogP contribution is -1.94. The lowest BCUT2D eigenvalue weighted by atomic mass is 9.92. The largest absolute Gasteiger partial charge is 0.0654 e. The molecule has 2 rings (SSSR count). The Morgan fingerprint density at radius 3 is 2.47 bits per heavy atom. The molecule has 0 bridgehead atoms. The number of hydrogen-bond acceptors (Lipinski definition) is 0. The molecule has 0 unspecified atom stereocenters. The van der Waals surface area contributed by atoms with E-state index < -0.39 is 0 Å². The topological polar surface area (TPSA) is 0 Å². The highest BCUT2D eigenvalue weighted by atomic mass is 14.1. The van der Waals surface area contributed by atoms with Crippen LogP contribution in [0.25, 0.3) is 10.8 Å². The summed E-state index contributed by atoms with van der Waals surface area (Å²) < 4.78 is 0. The lowest BCUT2D eigenvalue weighted by molar-refractivity contribution is 0.666. The fraction of sp³-hybridized carbons (Fsp3) is 0.474. The van der Waals surface area contributed by atoms with E-state index in [1.807, 2.05) is 0 Å². The minimum Gasteiger partial charge on any atom is -0.0654 e. The standard InChI is InChI=1S/C19H26/c1-4-5-6-7-10-16-13-17-11-8-9-12-18(17)19(14-16)15(2)3/h8-9,11-15H,4-7,10H2,1-3H3. The van der Waals surface area contributed by atoms with Crippen molar-refractivity contribution in [2.24, 2.45) is 0 Å². The third kappa shape index (κ3) is 3.59. The van der Waals surface area contributed by atoms with Crippen LogP contribution in [-0.2, 0) is 6.42 Å². The van der Waals surface area contributed by atoms with Crippen LogP contribution >= 0.6 is 0 Å². The molecule has 19 heavy (non-hydrogen) atoms. The van der Waals surface area contributed by atoms with Crippen molar-refractivity contribution in [3.05, 3.63) is 47.5 Å². The fourth-order valence-electron chi connectivity index (χ4n) is 2.78. The van der Waals surface area contributed by atoms with E-state index in [9.17, 15) is 0 Å². The van der Waals surface area contributed by atoms with Gasteiger partial charge in [-0.1, -0.05) is 76.4 Å². The first-order valence-electron chi connectivity index (χ1n) is 7.74. The number of rotatable bonds is 6. The molecule has 0 spiro atoms. The second kappa shape index (κ2) is 6.75. The molecule has 2 aromatic rings. The van der Waals surface area contributed by atoms with Crippen molar-refractivity contribution in [2.45, 2.75) is 58.8 Å². The Kier molecular flexibility index (Phi) is 5.01. The number of unbranched alkanes of at least 4 members (excludes halogenated alkanes) is 3. The summed E-state index contributed by atoms with van der Waals surface area (Å²) in [5.74, 6) is 0.598. The van der Waals surface area contributed by atoms with E-state index in [2.05, 4.69) is 57.2 Å². The molecule has 0 aliphatic heterocycles. The molecule has 0 N–H and O–H groups in total. The van der Waals surface area contributed by atoms with Gasteiger partial charge in [-0.05, 0) is 40.7 Å². The van der Waals surface area contributed by atoms with Gasteiger partial charge >= 0.3 is 0 Å². The van der Waals surface area contributed by atoms with Crippen LogP contribution in [0.2, 0.25) is 0 Å². The van der Waals surface area contributed by atoms with Crippen LogP contribution in [0.4, 0.5) is 0 Å². The van der Waals surface area contributed by atoms with Gasteiger partial charge < -0.3 is 0 Å². The SMILES string of the molecule is CCCCCCc1cc(C(C)C)c2ccccc2c1. The van der Waals surface area contributed by atoms with E-state index in [0.29, 0.717) is 5.92 Å².